The predicted octanol–water partition coefficient (Wildman–Crippen LogP) is 3.23. The zero-order valence-corrected chi connectivity index (χ0v) is 16.7. The lowest BCUT2D eigenvalue weighted by Gasteiger charge is -2.33. The summed E-state index contributed by atoms with van der Waals surface area (Å²) in [6, 6.07) is 12.7. The summed E-state index contributed by atoms with van der Waals surface area (Å²) >= 11 is 0. The summed E-state index contributed by atoms with van der Waals surface area (Å²) in [5.74, 6) is 0.260. The zero-order chi connectivity index (χ0) is 21.3. The Hall–Kier alpha value is -3.11. The molecule has 8 nitrogen and oxygen atoms in total. The number of nitrogens with one attached hydrogen (secondary N) is 1. The molecule has 1 fully saturated rings. The summed E-state index contributed by atoms with van der Waals surface area (Å²) in [5, 5.41) is 11.6. The summed E-state index contributed by atoms with van der Waals surface area (Å²) in [7, 11) is -3.70. The third-order valence-corrected chi connectivity index (χ3v) is 6.67. The molecule has 2 heterocycles. The van der Waals surface area contributed by atoms with Gasteiger partial charge in [0, 0.05) is 36.7 Å². The Bertz CT molecular complexity index is 1190. The number of benzene rings is 2. The number of piperidine rings is 1. The maximum absolute atomic E-state index is 13.0. The van der Waals surface area contributed by atoms with Gasteiger partial charge in [-0.2, -0.15) is 0 Å². The fraction of sp³-hybridized carbons (Fsp3) is 0.250. The van der Waals surface area contributed by atoms with Crippen LogP contribution in [0.15, 0.2) is 59.5 Å². The Balaban J connectivity index is 1.42. The van der Waals surface area contributed by atoms with Gasteiger partial charge in [0.15, 0.2) is 0 Å². The fourth-order valence-electron chi connectivity index (χ4n) is 3.52. The molecule has 10 heteroatoms. The first-order valence-corrected chi connectivity index (χ1v) is 10.9. The van der Waals surface area contributed by atoms with E-state index >= 15 is 0 Å². The Kier molecular flexibility index (Phi) is 5.35. The van der Waals surface area contributed by atoms with Crippen LogP contribution in [0.2, 0.25) is 0 Å². The first-order valence-electron chi connectivity index (χ1n) is 9.40. The molecule has 1 saturated heterocycles. The molecule has 0 amide bonds. The lowest BCUT2D eigenvalue weighted by Crippen LogP contribution is -2.44. The van der Waals surface area contributed by atoms with Crippen molar-refractivity contribution >= 4 is 32.4 Å². The number of pyridine rings is 1. The molecular weight excluding hydrogens is 411 g/mol. The quantitative estimate of drug-likeness (QED) is 0.492. The number of fused-ring (bicyclic) bond motifs is 1. The lowest BCUT2D eigenvalue weighted by molar-refractivity contribution is -0.384. The second kappa shape index (κ2) is 7.96. The Morgan fingerprint density at radius 1 is 1.07 bits per heavy atom. The Morgan fingerprint density at radius 3 is 2.43 bits per heavy atom. The van der Waals surface area contributed by atoms with E-state index in [0.29, 0.717) is 36.8 Å². The number of sulfonamides is 1. The van der Waals surface area contributed by atoms with Crippen molar-refractivity contribution < 1.29 is 17.7 Å². The van der Waals surface area contributed by atoms with Crippen LogP contribution < -0.4 is 9.62 Å². The molecule has 1 aliphatic rings. The van der Waals surface area contributed by atoms with Crippen LogP contribution in [0.3, 0.4) is 0 Å². The monoisotopic (exact) mass is 430 g/mol. The second-order valence-electron chi connectivity index (χ2n) is 7.14. The molecule has 156 valence electrons. The van der Waals surface area contributed by atoms with E-state index in [1.54, 1.807) is 12.1 Å². The van der Waals surface area contributed by atoms with E-state index in [4.69, 9.17) is 0 Å². The number of hydrogen-bond acceptors (Lipinski definition) is 6. The van der Waals surface area contributed by atoms with Crippen LogP contribution in [0.1, 0.15) is 12.8 Å². The first kappa shape index (κ1) is 20.2. The van der Waals surface area contributed by atoms with Gasteiger partial charge in [0.2, 0.25) is 10.0 Å². The van der Waals surface area contributed by atoms with Gasteiger partial charge in [-0.05, 0) is 55.3 Å². The molecule has 0 bridgehead atoms. The van der Waals surface area contributed by atoms with Crippen molar-refractivity contribution in [3.05, 3.63) is 70.5 Å². The SMILES string of the molecule is O=[N+]([O-])c1ccc2nc(N3CCC(NS(=O)(=O)c4ccc(F)cc4)CC3)ccc2c1. The number of nitro benzene ring substituents is 1. The second-order valence-corrected chi connectivity index (χ2v) is 8.85. The maximum atomic E-state index is 13.0. The number of nitrogens with zero attached hydrogens (tertiary/aromatic N) is 3. The molecule has 3 aromatic rings. The summed E-state index contributed by atoms with van der Waals surface area (Å²) in [5.41, 5.74) is 0.684. The average molecular weight is 430 g/mol. The van der Waals surface area contributed by atoms with Crippen LogP contribution in [0.5, 0.6) is 0 Å². The summed E-state index contributed by atoms with van der Waals surface area (Å²) in [6.07, 6.45) is 1.20. The number of halogens is 1. The largest absolute Gasteiger partial charge is 0.356 e. The predicted molar refractivity (Wildman–Crippen MR) is 110 cm³/mol. The van der Waals surface area contributed by atoms with E-state index in [-0.39, 0.29) is 16.6 Å². The van der Waals surface area contributed by atoms with Gasteiger partial charge in [-0.15, -0.1) is 0 Å². The van der Waals surface area contributed by atoms with E-state index < -0.39 is 20.8 Å². The number of anilines is 1. The Morgan fingerprint density at radius 2 is 1.77 bits per heavy atom. The molecule has 0 saturated carbocycles. The molecule has 2 aromatic carbocycles. The molecule has 4 rings (SSSR count). The number of rotatable bonds is 5. The van der Waals surface area contributed by atoms with Crippen LogP contribution in [0, 0.1) is 15.9 Å². The average Bonchev–Trinajstić information content (AvgIpc) is 2.73. The molecule has 1 N–H and O–H groups in total. The highest BCUT2D eigenvalue weighted by atomic mass is 32.2. The van der Waals surface area contributed by atoms with Crippen LogP contribution in [0.25, 0.3) is 10.9 Å². The Labute approximate surface area is 172 Å². The van der Waals surface area contributed by atoms with Crippen molar-refractivity contribution in [3.63, 3.8) is 0 Å². The summed E-state index contributed by atoms with van der Waals surface area (Å²) in [6.45, 7) is 1.23. The van der Waals surface area contributed by atoms with Gasteiger partial charge in [0.1, 0.15) is 11.6 Å². The van der Waals surface area contributed by atoms with E-state index in [0.717, 1.165) is 18.0 Å². The van der Waals surface area contributed by atoms with E-state index in [1.165, 1.54) is 24.3 Å². The molecule has 30 heavy (non-hydrogen) atoms. The van der Waals surface area contributed by atoms with Gasteiger partial charge in [-0.1, -0.05) is 0 Å². The van der Waals surface area contributed by atoms with Crippen molar-refractivity contribution in [2.75, 3.05) is 18.0 Å². The van der Waals surface area contributed by atoms with Crippen LogP contribution in [-0.2, 0) is 10.0 Å². The summed E-state index contributed by atoms with van der Waals surface area (Å²) < 4.78 is 40.7. The normalized spacial score (nSPS) is 15.4. The van der Waals surface area contributed by atoms with E-state index in [2.05, 4.69) is 14.6 Å². The highest BCUT2D eigenvalue weighted by Crippen LogP contribution is 2.25. The third-order valence-electron chi connectivity index (χ3n) is 5.13. The third kappa shape index (κ3) is 4.24. The summed E-state index contributed by atoms with van der Waals surface area (Å²) in [4.78, 5) is 17.1. The van der Waals surface area contributed by atoms with Gasteiger partial charge in [-0.25, -0.2) is 22.5 Å². The van der Waals surface area contributed by atoms with Crippen LogP contribution in [0.4, 0.5) is 15.9 Å². The molecule has 0 aliphatic carbocycles. The molecule has 0 atom stereocenters. The van der Waals surface area contributed by atoms with Gasteiger partial charge in [0.05, 0.1) is 15.3 Å². The minimum atomic E-state index is -3.70. The van der Waals surface area contributed by atoms with Gasteiger partial charge < -0.3 is 4.90 Å². The van der Waals surface area contributed by atoms with Crippen molar-refractivity contribution in [3.8, 4) is 0 Å². The topological polar surface area (TPSA) is 105 Å². The molecule has 0 unspecified atom stereocenters. The van der Waals surface area contributed by atoms with Gasteiger partial charge >= 0.3 is 0 Å². The maximum Gasteiger partial charge on any atom is 0.270 e. The minimum Gasteiger partial charge on any atom is -0.356 e. The van der Waals surface area contributed by atoms with Crippen LogP contribution in [-0.4, -0.2) is 37.5 Å². The molecule has 0 radical (unpaired) electrons. The van der Waals surface area contributed by atoms with Crippen molar-refractivity contribution in [1.82, 2.24) is 9.71 Å². The number of hydrogen-bond donors (Lipinski definition) is 1. The van der Waals surface area contributed by atoms with Crippen molar-refractivity contribution in [2.24, 2.45) is 0 Å². The van der Waals surface area contributed by atoms with E-state index in [1.807, 2.05) is 6.07 Å². The number of non-ortho nitro benzene ring substituents is 1. The highest BCUT2D eigenvalue weighted by molar-refractivity contribution is 7.89. The fourth-order valence-corrected chi connectivity index (χ4v) is 4.82. The van der Waals surface area contributed by atoms with Crippen molar-refractivity contribution in [1.29, 1.82) is 0 Å². The first-order chi connectivity index (χ1) is 14.3. The van der Waals surface area contributed by atoms with Gasteiger partial charge in [0.25, 0.3) is 5.69 Å². The van der Waals surface area contributed by atoms with Crippen molar-refractivity contribution in [2.45, 2.75) is 23.8 Å². The minimum absolute atomic E-state index is 0.0197. The van der Waals surface area contributed by atoms with Gasteiger partial charge in [-0.3, -0.25) is 10.1 Å². The molecule has 0 spiro atoms. The lowest BCUT2D eigenvalue weighted by atomic mass is 10.1. The molecule has 1 aliphatic heterocycles. The zero-order valence-electron chi connectivity index (χ0n) is 15.9. The number of aromatic nitrogens is 1. The number of nitro groups is 1. The smallest absolute Gasteiger partial charge is 0.270 e. The molecule has 1 aromatic heterocycles. The molecular formula is C20H19FN4O4S. The van der Waals surface area contributed by atoms with E-state index in [9.17, 15) is 22.9 Å². The van der Waals surface area contributed by atoms with Crippen LogP contribution >= 0.6 is 0 Å². The standard InChI is InChI=1S/C20H19FN4O4S/c21-15-2-5-18(6-3-15)30(28,29)23-16-9-11-24(12-10-16)20-8-1-14-13-17(25(26)27)4-7-19(14)22-20/h1-8,13,16,23H,9-12H2. The highest BCUT2D eigenvalue weighted by Gasteiger charge is 2.25.